The van der Waals surface area contributed by atoms with Crippen molar-refractivity contribution in [2.45, 2.75) is 0 Å². The van der Waals surface area contributed by atoms with E-state index in [1.165, 1.54) is 0 Å². The van der Waals surface area contributed by atoms with Crippen LogP contribution in [0, 0.1) is 0 Å². The van der Waals surface area contributed by atoms with Gasteiger partial charge in [-0.25, -0.2) is 0 Å². The maximum absolute atomic E-state index is 8.92. The van der Waals surface area contributed by atoms with Crippen molar-refractivity contribution >= 4 is 36.1 Å². The standard InChI is InChI=1S/Ge.Li.H3O3PS/c;;1-4(2,3)5/h;;(H3,1,2,3,5)/q;+1;/p-3. The first-order valence-corrected chi connectivity index (χ1v) is 3.29. The minimum Gasteiger partial charge on any atom is -0.844 e. The molecule has 0 unspecified atom stereocenters. The first kappa shape index (κ1) is 15.9. The molecule has 0 N–H and O–H groups in total. The Balaban J connectivity index is -0.0000000800. The van der Waals surface area contributed by atoms with Gasteiger partial charge in [-0.2, -0.15) is 11.8 Å². The average Bonchev–Trinajstić information content (AvgIpc) is 0.722. The van der Waals surface area contributed by atoms with Gasteiger partial charge in [0.05, 0.1) is 0 Å². The van der Waals surface area contributed by atoms with Crippen LogP contribution in [0.15, 0.2) is 0 Å². The Bertz CT molecular complexity index is 61.1. The molecule has 0 bridgehead atoms. The van der Waals surface area contributed by atoms with Crippen molar-refractivity contribution in [1.29, 1.82) is 0 Å². The van der Waals surface area contributed by atoms with Crippen LogP contribution in [0.2, 0.25) is 0 Å². The van der Waals surface area contributed by atoms with Crippen LogP contribution in [0.1, 0.15) is 0 Å². The van der Waals surface area contributed by atoms with Crippen molar-refractivity contribution < 1.29 is 33.5 Å². The molecule has 3 nitrogen and oxygen atoms in total. The maximum atomic E-state index is 8.92. The Morgan fingerprint density at radius 2 is 1.14 bits per heavy atom. The van der Waals surface area contributed by atoms with Crippen LogP contribution in [0.25, 0.3) is 0 Å². The molecule has 0 fully saturated rings. The van der Waals surface area contributed by atoms with Crippen molar-refractivity contribution in [3.8, 4) is 0 Å². The molecular formula is GeLiO3PS-2. The zero-order valence-corrected chi connectivity index (χ0v) is 7.39. The minimum absolute atomic E-state index is 0. The third kappa shape index (κ3) is 88.4. The molecule has 7 heteroatoms. The van der Waals surface area contributed by atoms with E-state index < -0.39 is 6.72 Å². The third-order valence-electron chi connectivity index (χ3n) is 0. The Labute approximate surface area is 69.5 Å². The monoisotopic (exact) mass is 192 g/mol. The third-order valence-corrected chi connectivity index (χ3v) is 0. The van der Waals surface area contributed by atoms with Crippen LogP contribution in [0.3, 0.4) is 0 Å². The van der Waals surface area contributed by atoms with E-state index in [-0.39, 0.29) is 36.5 Å². The average molecular weight is 191 g/mol. The molecule has 0 aromatic carbocycles. The minimum atomic E-state index is -4.56. The largest absolute Gasteiger partial charge is 1.00 e. The maximum Gasteiger partial charge on any atom is 1.00 e. The van der Waals surface area contributed by atoms with Crippen molar-refractivity contribution in [3.05, 3.63) is 0 Å². The van der Waals surface area contributed by atoms with Crippen LogP contribution in [-0.4, -0.2) is 17.6 Å². The van der Waals surface area contributed by atoms with E-state index >= 15 is 0 Å². The van der Waals surface area contributed by atoms with Crippen molar-refractivity contribution in [2.24, 2.45) is 0 Å². The van der Waals surface area contributed by atoms with Gasteiger partial charge in [-0.05, 0) is 0 Å². The fourth-order valence-electron chi connectivity index (χ4n) is 0. The smallest absolute Gasteiger partial charge is 0.844 e. The fraction of sp³-hybridized carbons (Fsp3) is 0. The predicted octanol–water partition coefficient (Wildman–Crippen LogP) is -6.08. The van der Waals surface area contributed by atoms with Crippen molar-refractivity contribution in [3.63, 3.8) is 0 Å². The molecule has 0 aliphatic carbocycles. The van der Waals surface area contributed by atoms with Gasteiger partial charge in [0, 0.05) is 17.6 Å². The zero-order valence-electron chi connectivity index (χ0n) is 3.58. The Morgan fingerprint density at radius 3 is 1.14 bits per heavy atom. The van der Waals surface area contributed by atoms with Gasteiger partial charge in [0.25, 0.3) is 0 Å². The van der Waals surface area contributed by atoms with Gasteiger partial charge in [0.15, 0.2) is 0 Å². The molecule has 4 radical (unpaired) electrons. The molecule has 0 atom stereocenters. The van der Waals surface area contributed by atoms with E-state index in [1.807, 2.05) is 0 Å². The predicted molar refractivity (Wildman–Crippen MR) is 20.0 cm³/mol. The molecule has 0 amide bonds. The molecule has 0 aromatic heterocycles. The summed E-state index contributed by atoms with van der Waals surface area (Å²) in [6, 6.07) is 0. The molecule has 0 aromatic rings. The van der Waals surface area contributed by atoms with Gasteiger partial charge in [0.1, 0.15) is 0 Å². The summed E-state index contributed by atoms with van der Waals surface area (Å²) in [5.41, 5.74) is 0. The molecule has 0 aliphatic rings. The second kappa shape index (κ2) is 5.80. The molecule has 0 saturated heterocycles. The summed E-state index contributed by atoms with van der Waals surface area (Å²) in [4.78, 5) is 26.8. The van der Waals surface area contributed by atoms with E-state index in [2.05, 4.69) is 11.8 Å². The Morgan fingerprint density at radius 1 is 1.14 bits per heavy atom. The summed E-state index contributed by atoms with van der Waals surface area (Å²) in [6.45, 7) is -4.56. The Kier molecular flexibility index (Phi) is 13.1. The molecule has 36 valence electrons. The SMILES string of the molecule is [Ge].[Li+].[O-]P([O-])([O-])=S. The molecular weight excluding hydrogens is 191 g/mol. The first-order chi connectivity index (χ1) is 2.00. The summed E-state index contributed by atoms with van der Waals surface area (Å²) < 4.78 is 0. The summed E-state index contributed by atoms with van der Waals surface area (Å²) in [5, 5.41) is 0. The molecule has 0 rings (SSSR count). The zero-order chi connectivity index (χ0) is 4.50. The van der Waals surface area contributed by atoms with Crippen LogP contribution in [-0.2, 0) is 11.8 Å². The number of hydrogen-bond acceptors (Lipinski definition) is 4. The van der Waals surface area contributed by atoms with E-state index in [1.54, 1.807) is 0 Å². The summed E-state index contributed by atoms with van der Waals surface area (Å²) in [5.74, 6) is 0. The second-order valence-corrected chi connectivity index (χ2v) is 2.68. The van der Waals surface area contributed by atoms with Crippen molar-refractivity contribution in [1.82, 2.24) is 0 Å². The molecule has 0 aliphatic heterocycles. The summed E-state index contributed by atoms with van der Waals surface area (Å²) in [6.07, 6.45) is 0. The van der Waals surface area contributed by atoms with Gasteiger partial charge in [-0.3, -0.25) is 0 Å². The normalized spacial score (nSPS) is 8.43. The van der Waals surface area contributed by atoms with Gasteiger partial charge in [-0.1, -0.05) is 0 Å². The van der Waals surface area contributed by atoms with Gasteiger partial charge in [-0.15, -0.1) is 0 Å². The second-order valence-electron chi connectivity index (χ2n) is 0.447. The van der Waals surface area contributed by atoms with E-state index in [4.69, 9.17) is 14.7 Å². The topological polar surface area (TPSA) is 69.2 Å². The van der Waals surface area contributed by atoms with Crippen LogP contribution in [0.4, 0.5) is 0 Å². The summed E-state index contributed by atoms with van der Waals surface area (Å²) >= 11 is 3.27. The molecule has 0 saturated carbocycles. The fourth-order valence-corrected chi connectivity index (χ4v) is 0. The van der Waals surface area contributed by atoms with Crippen LogP contribution >= 0.6 is 6.72 Å². The van der Waals surface area contributed by atoms with Crippen molar-refractivity contribution in [2.75, 3.05) is 0 Å². The molecule has 0 spiro atoms. The van der Waals surface area contributed by atoms with E-state index in [0.29, 0.717) is 0 Å². The van der Waals surface area contributed by atoms with Crippen LogP contribution in [0.5, 0.6) is 0 Å². The first-order valence-electron chi connectivity index (χ1n) is 0.730. The Hall–Kier alpha value is 1.67. The number of rotatable bonds is 0. The van der Waals surface area contributed by atoms with E-state index in [0.717, 1.165) is 0 Å². The van der Waals surface area contributed by atoms with Gasteiger partial charge in [0.2, 0.25) is 0 Å². The number of hydrogen-bond donors (Lipinski definition) is 0. The van der Waals surface area contributed by atoms with Gasteiger partial charge < -0.3 is 21.4 Å². The van der Waals surface area contributed by atoms with E-state index in [9.17, 15) is 0 Å². The van der Waals surface area contributed by atoms with Crippen LogP contribution < -0.4 is 33.5 Å². The molecule has 0 heterocycles. The molecule has 7 heavy (non-hydrogen) atoms. The summed E-state index contributed by atoms with van der Waals surface area (Å²) in [7, 11) is 0. The van der Waals surface area contributed by atoms with Gasteiger partial charge >= 0.3 is 18.9 Å². The quantitative estimate of drug-likeness (QED) is 0.282.